The van der Waals surface area contributed by atoms with Crippen LogP contribution in [0.5, 0.6) is 0 Å². The number of aromatic amines is 1. The molecule has 2 N–H and O–H groups in total. The number of aliphatic hydroxyl groups is 1. The number of aliphatic hydroxyl groups excluding tert-OH is 1. The van der Waals surface area contributed by atoms with Crippen molar-refractivity contribution in [2.45, 2.75) is 50.6 Å². The molecule has 6 heterocycles. The highest BCUT2D eigenvalue weighted by Gasteiger charge is 2.33. The molecule has 15 heteroatoms. The van der Waals surface area contributed by atoms with Crippen LogP contribution < -0.4 is 4.90 Å². The van der Waals surface area contributed by atoms with Crippen LogP contribution in [-0.4, -0.2) is 107 Å². The fourth-order valence-electron chi connectivity index (χ4n) is 7.35. The maximum absolute atomic E-state index is 13.2. The fraction of sp³-hybridized carbons (Fsp3) is 0.515. The lowest BCUT2D eigenvalue weighted by molar-refractivity contribution is -0.137. The van der Waals surface area contributed by atoms with Gasteiger partial charge in [0.1, 0.15) is 0 Å². The summed E-state index contributed by atoms with van der Waals surface area (Å²) in [6.45, 7) is 5.67. The molecule has 2 fully saturated rings. The van der Waals surface area contributed by atoms with Crippen molar-refractivity contribution in [3.05, 3.63) is 65.1 Å². The maximum Gasteiger partial charge on any atom is 0.416 e. The third kappa shape index (κ3) is 6.70. The van der Waals surface area contributed by atoms with E-state index in [0.717, 1.165) is 74.4 Å². The Morgan fingerprint density at radius 1 is 1.04 bits per heavy atom. The van der Waals surface area contributed by atoms with Crippen molar-refractivity contribution >= 4 is 26.7 Å². The topological polar surface area (TPSA) is 120 Å². The van der Waals surface area contributed by atoms with Gasteiger partial charge in [-0.25, -0.2) is 13.4 Å². The van der Waals surface area contributed by atoms with Gasteiger partial charge in [-0.05, 0) is 55.6 Å². The van der Waals surface area contributed by atoms with Gasteiger partial charge in [-0.3, -0.25) is 4.68 Å². The first kappa shape index (κ1) is 33.0. The Labute approximate surface area is 277 Å². The number of likely N-dealkylation sites (tertiary alicyclic amines) is 1. The molecule has 0 spiro atoms. The minimum atomic E-state index is -4.47. The number of sulfonamides is 1. The first-order valence-electron chi connectivity index (χ1n) is 16.4. The van der Waals surface area contributed by atoms with E-state index in [1.807, 2.05) is 6.20 Å². The smallest absolute Gasteiger partial charge is 0.390 e. The normalized spacial score (nSPS) is 19.6. The van der Waals surface area contributed by atoms with E-state index in [1.165, 1.54) is 27.4 Å². The highest BCUT2D eigenvalue weighted by molar-refractivity contribution is 7.88. The van der Waals surface area contributed by atoms with E-state index in [-0.39, 0.29) is 19.6 Å². The molecule has 0 saturated carbocycles. The Bertz CT molecular complexity index is 1860. The van der Waals surface area contributed by atoms with Crippen LogP contribution in [0.4, 0.5) is 19.0 Å². The lowest BCUT2D eigenvalue weighted by atomic mass is 9.89. The second kappa shape index (κ2) is 13.1. The van der Waals surface area contributed by atoms with Crippen LogP contribution in [0.2, 0.25) is 0 Å². The minimum absolute atomic E-state index is 0.0754. The number of pyridine rings is 1. The van der Waals surface area contributed by atoms with Gasteiger partial charge in [-0.15, -0.1) is 0 Å². The van der Waals surface area contributed by atoms with Gasteiger partial charge in [0.05, 0.1) is 48.9 Å². The van der Waals surface area contributed by atoms with E-state index in [2.05, 4.69) is 32.0 Å². The van der Waals surface area contributed by atoms with Crippen LogP contribution in [0.15, 0.2) is 42.7 Å². The van der Waals surface area contributed by atoms with Gasteiger partial charge in [-0.1, -0.05) is 12.1 Å². The van der Waals surface area contributed by atoms with Gasteiger partial charge in [-0.2, -0.15) is 22.6 Å². The zero-order valence-electron chi connectivity index (χ0n) is 26.8. The predicted molar refractivity (Wildman–Crippen MR) is 175 cm³/mol. The van der Waals surface area contributed by atoms with Crippen molar-refractivity contribution in [2.24, 2.45) is 0 Å². The number of morpholine rings is 1. The number of nitrogens with zero attached hydrogens (tertiary/aromatic N) is 6. The number of hydrogen-bond acceptors (Lipinski definition) is 8. The molecule has 1 atom stereocenters. The second-order valence-electron chi connectivity index (χ2n) is 13.0. The van der Waals surface area contributed by atoms with E-state index in [0.29, 0.717) is 48.9 Å². The van der Waals surface area contributed by atoms with E-state index >= 15 is 0 Å². The molecule has 4 aromatic rings. The van der Waals surface area contributed by atoms with Crippen LogP contribution in [0.1, 0.15) is 41.1 Å². The Morgan fingerprint density at radius 2 is 1.77 bits per heavy atom. The lowest BCUT2D eigenvalue weighted by Gasteiger charge is -2.33. The zero-order valence-corrected chi connectivity index (χ0v) is 27.6. The first-order valence-corrected chi connectivity index (χ1v) is 18.2. The van der Waals surface area contributed by atoms with Gasteiger partial charge >= 0.3 is 6.18 Å². The molecular weight excluding hydrogens is 647 g/mol. The van der Waals surface area contributed by atoms with Crippen LogP contribution in [0.3, 0.4) is 0 Å². The van der Waals surface area contributed by atoms with Gasteiger partial charge in [0, 0.05) is 73.7 Å². The molecule has 3 aliphatic rings. The van der Waals surface area contributed by atoms with E-state index < -0.39 is 27.9 Å². The summed E-state index contributed by atoms with van der Waals surface area (Å²) in [7, 11) is -3.49. The van der Waals surface area contributed by atoms with E-state index in [9.17, 15) is 26.7 Å². The van der Waals surface area contributed by atoms with Gasteiger partial charge in [0.2, 0.25) is 10.0 Å². The molecule has 3 aliphatic heterocycles. The number of fused-ring (bicyclic) bond motifs is 2. The quantitative estimate of drug-likeness (QED) is 0.287. The number of aromatic nitrogens is 4. The number of benzene rings is 1. The highest BCUT2D eigenvalue weighted by Crippen LogP contribution is 2.37. The molecule has 0 bridgehead atoms. The van der Waals surface area contributed by atoms with Crippen LogP contribution in [-0.2, 0) is 40.4 Å². The lowest BCUT2D eigenvalue weighted by Crippen LogP contribution is -2.40. The Kier molecular flexibility index (Phi) is 9.00. The highest BCUT2D eigenvalue weighted by atomic mass is 32.2. The number of β-amino-alcohol motifs (C(OH)–C–C–N with tert-alkyl or cyclic N) is 1. The molecule has 7 rings (SSSR count). The molecule has 1 unspecified atom stereocenters. The van der Waals surface area contributed by atoms with Crippen molar-refractivity contribution in [2.75, 3.05) is 63.6 Å². The number of piperidine rings is 1. The van der Waals surface area contributed by atoms with Crippen molar-refractivity contribution in [1.29, 1.82) is 0 Å². The molecule has 2 saturated heterocycles. The standard InChI is InChI=1S/C33H40F3N7O4S/c1-48(45,46)42-13-9-29-28(21-42)30(23-2-4-24(5-3-23)33(34,35)36)39-43(29)20-25(44)19-40-11-7-22(8-12-40)27-18-38-31-26(27)6-10-37-32(31)41-14-16-47-17-15-41/h2-6,10,18,22,25,38,44H,7-9,11-17,19-21H2,1H3. The summed E-state index contributed by atoms with van der Waals surface area (Å²) in [5.74, 6) is 1.35. The van der Waals surface area contributed by atoms with Crippen LogP contribution in [0, 0.1) is 0 Å². The van der Waals surface area contributed by atoms with Gasteiger partial charge in [0.15, 0.2) is 5.82 Å². The van der Waals surface area contributed by atoms with Gasteiger partial charge < -0.3 is 24.6 Å². The van der Waals surface area contributed by atoms with E-state index in [1.54, 1.807) is 4.68 Å². The summed E-state index contributed by atoms with van der Waals surface area (Å²) in [4.78, 5) is 12.7. The van der Waals surface area contributed by atoms with Crippen LogP contribution in [0.25, 0.3) is 22.2 Å². The first-order chi connectivity index (χ1) is 23.0. The van der Waals surface area contributed by atoms with Crippen molar-refractivity contribution in [3.8, 4) is 11.3 Å². The number of halogens is 3. The fourth-order valence-corrected chi connectivity index (χ4v) is 8.13. The molecular formula is C33H40F3N7O4S. The number of rotatable bonds is 8. The molecule has 3 aromatic heterocycles. The number of anilines is 1. The summed E-state index contributed by atoms with van der Waals surface area (Å²) < 4.78 is 73.0. The summed E-state index contributed by atoms with van der Waals surface area (Å²) >= 11 is 0. The summed E-state index contributed by atoms with van der Waals surface area (Å²) in [5, 5.41) is 17.2. The Morgan fingerprint density at radius 3 is 2.46 bits per heavy atom. The Hall–Kier alpha value is -3.50. The molecule has 11 nitrogen and oxygen atoms in total. The van der Waals surface area contributed by atoms with Crippen molar-refractivity contribution < 1.29 is 31.4 Å². The van der Waals surface area contributed by atoms with Crippen LogP contribution >= 0.6 is 0 Å². The van der Waals surface area contributed by atoms with Crippen molar-refractivity contribution in [1.82, 2.24) is 29.0 Å². The molecule has 0 amide bonds. The molecule has 1 aromatic carbocycles. The number of nitrogens with one attached hydrogen (secondary N) is 1. The summed E-state index contributed by atoms with van der Waals surface area (Å²) in [6, 6.07) is 6.83. The molecule has 258 valence electrons. The van der Waals surface area contributed by atoms with E-state index in [4.69, 9.17) is 9.84 Å². The predicted octanol–water partition coefficient (Wildman–Crippen LogP) is 3.84. The zero-order chi connectivity index (χ0) is 33.6. The maximum atomic E-state index is 13.2. The van der Waals surface area contributed by atoms with Gasteiger partial charge in [0.25, 0.3) is 0 Å². The third-order valence-corrected chi connectivity index (χ3v) is 11.1. The number of H-pyrrole nitrogens is 1. The average molecular weight is 688 g/mol. The largest absolute Gasteiger partial charge is 0.416 e. The SMILES string of the molecule is CS(=O)(=O)N1CCc2c(c(-c3ccc(C(F)(F)F)cc3)nn2CC(O)CN2CCC(c3c[nH]c4c(N5CCOCC5)nccc34)CC2)C1. The summed E-state index contributed by atoms with van der Waals surface area (Å²) in [5.41, 5.74) is 3.95. The number of hydrogen-bond donors (Lipinski definition) is 2. The number of ether oxygens (including phenoxy) is 1. The monoisotopic (exact) mass is 687 g/mol. The minimum Gasteiger partial charge on any atom is -0.390 e. The Balaban J connectivity index is 1.03. The summed E-state index contributed by atoms with van der Waals surface area (Å²) in [6.07, 6.45) is 2.22. The second-order valence-corrected chi connectivity index (χ2v) is 15.0. The number of alkyl halides is 3. The van der Waals surface area contributed by atoms with Crippen molar-refractivity contribution in [3.63, 3.8) is 0 Å². The molecule has 48 heavy (non-hydrogen) atoms. The molecule has 0 radical (unpaired) electrons. The molecule has 0 aliphatic carbocycles. The average Bonchev–Trinajstić information content (AvgIpc) is 3.66. The third-order valence-electron chi connectivity index (χ3n) is 9.86.